The van der Waals surface area contributed by atoms with Crippen LogP contribution in [0.5, 0.6) is 0 Å². The van der Waals surface area contributed by atoms with Gasteiger partial charge in [0.05, 0.1) is 136 Å². The van der Waals surface area contributed by atoms with Gasteiger partial charge in [0.25, 0.3) is 0 Å². The molecule has 0 bridgehead atoms. The number of rotatable bonds is 26. The van der Waals surface area contributed by atoms with Gasteiger partial charge in [0.2, 0.25) is 5.91 Å². The van der Waals surface area contributed by atoms with Crippen LogP contribution in [0.3, 0.4) is 0 Å². The van der Waals surface area contributed by atoms with Crippen LogP contribution < -0.4 is 46.2 Å². The number of carbonyl (C=O) groups excluding carboxylic acids is 6. The van der Waals surface area contributed by atoms with Gasteiger partial charge in [-0.2, -0.15) is 20.4 Å². The minimum atomic E-state index is -3.54. The Balaban J connectivity index is 0.000000159. The molecule has 0 radical (unpaired) electrons. The summed E-state index contributed by atoms with van der Waals surface area (Å²) in [5.74, 6) is -5.25. The fourth-order valence-electron chi connectivity index (χ4n) is 16.8. The van der Waals surface area contributed by atoms with Gasteiger partial charge in [-0.05, 0) is 214 Å². The number of nitrogens with one attached hydrogen (secondary N) is 5. The maximum absolute atomic E-state index is 13.7. The monoisotopic (exact) mass is 2030 g/mol. The number of pyridine rings is 4. The number of benzene rings is 4. The first-order valence-electron chi connectivity index (χ1n) is 45.4. The third kappa shape index (κ3) is 25.2. The number of aromatic nitrogens is 12. The van der Waals surface area contributed by atoms with E-state index in [1.165, 1.54) is 135 Å². The minimum Gasteiger partial charge on any atom is -0.481 e. The van der Waals surface area contributed by atoms with E-state index in [0.29, 0.717) is 111 Å². The standard InChI is InChI=1S/C26H30FN5O5S.C25H29FN6O4S.C24H26FN5O5S.C21H22FN5O3S/c1-4-6-21(17-11-12-28-24(14-17)38(3,35)36)30-26(34)31-16-18(25(33)37-5-2)13-22-23(31)15-29-32(22)20-9-7-19(27)8-10-20;1-4-5-20(16-10-11-28-23(13-16)37(3,35)36)30-25(34)31-15-17(24(33)27-2)12-21-22(31)14-29-32(21)19-8-6-18(26)7-9-19;1-3-4-19(15-9-10-26-22(12-15)36(2,34)35)28-24(33)29-14-16(23(31)32)11-20-21(29)13-27-30(20)18-7-5-17(25)6-8-18;1-14-3-8-18-19(13-25-27(18)17-6-4-16(22)5-7-17)26(14)21(28)24-12-15-9-10-23-20(11-15)31(2,29)30/h7-12,14-15,18,21H,4-6,13,16H2,1-3H3,(H,30,34);6-11,13-14,17,20H,4-5,12,15H2,1-3H3,(H,27,33)(H,30,34);5-10,12-13,16,19H,3-4,11,14H2,1-2H3,(H,28,33)(H,31,32);4-7,9-11,13-14H,3,8,12H2,1-2H3,(H,24,28)/t18?,21-;17?,20-;16?,19-;14-/m0000/s1. The van der Waals surface area contributed by atoms with Crippen LogP contribution in [-0.2, 0) is 90.7 Å². The summed E-state index contributed by atoms with van der Waals surface area (Å²) in [5.41, 5.74) is 9.79. The summed E-state index contributed by atoms with van der Waals surface area (Å²) in [7, 11) is -12.5. The van der Waals surface area contributed by atoms with Crippen molar-refractivity contribution < 1.29 is 94.6 Å². The number of hydrogen-bond donors (Lipinski definition) is 6. The Morgan fingerprint density at radius 1 is 0.423 bits per heavy atom. The molecule has 12 aromatic rings. The molecule has 750 valence electrons. The molecule has 0 saturated carbocycles. The third-order valence-electron chi connectivity index (χ3n) is 24.0. The predicted octanol–water partition coefficient (Wildman–Crippen LogP) is 12.4. The molecule has 6 N–H and O–H groups in total. The first kappa shape index (κ1) is 105. The smallest absolute Gasteiger partial charge is 0.322 e. The average Bonchev–Trinajstić information content (AvgIpc) is 1.61. The molecule has 12 heterocycles. The number of amides is 9. The number of anilines is 4. The lowest BCUT2D eigenvalue weighted by Crippen LogP contribution is -2.49. The molecular weight excluding hydrogens is 1920 g/mol. The highest BCUT2D eigenvalue weighted by molar-refractivity contribution is 7.91. The third-order valence-corrected chi connectivity index (χ3v) is 27.9. The summed E-state index contributed by atoms with van der Waals surface area (Å²) in [5, 5.41) is 41.5. The predicted molar refractivity (Wildman–Crippen MR) is 516 cm³/mol. The average molecular weight is 2030 g/mol. The molecule has 38 nitrogen and oxygen atoms in total. The van der Waals surface area contributed by atoms with E-state index in [1.54, 1.807) is 112 Å². The summed E-state index contributed by atoms with van der Waals surface area (Å²) >= 11 is 0. The molecule has 7 atom stereocenters. The molecule has 4 aliphatic heterocycles. The summed E-state index contributed by atoms with van der Waals surface area (Å²) in [6.07, 6.45) is 22.2. The van der Waals surface area contributed by atoms with Crippen LogP contribution in [-0.4, -0.2) is 204 Å². The summed E-state index contributed by atoms with van der Waals surface area (Å²) in [6, 6.07) is 32.4. The normalized spacial score (nSPS) is 16.1. The fourth-order valence-corrected chi connectivity index (χ4v) is 19.3. The quantitative estimate of drug-likeness (QED) is 0.0217. The van der Waals surface area contributed by atoms with Gasteiger partial charge in [0, 0.05) is 108 Å². The number of carboxylic acids is 1. The summed E-state index contributed by atoms with van der Waals surface area (Å²) in [6.45, 7) is 10.1. The van der Waals surface area contributed by atoms with E-state index in [2.05, 4.69) is 66.9 Å². The SMILES string of the molecule is CCC[C@H](NC(=O)N1CC(C(=O)NC)Cc2c1cnn2-c1ccc(F)cc1)c1ccnc(S(C)(=O)=O)c1.CCC[C@H](NC(=O)N1CC(C(=O)O)Cc2c1cnn2-c1ccc(F)cc1)c1ccnc(S(C)(=O)=O)c1.CCC[C@H](NC(=O)N1CC(C(=O)OCC)Cc2c1cnn2-c1ccc(F)cc1)c1ccnc(S(C)(=O)=O)c1.C[C@H]1CCc2c(cnn2-c2ccc(F)cc2)N1C(=O)NCc1ccnc(S(C)(=O)=O)c1. The molecule has 3 unspecified atom stereocenters. The Labute approximate surface area is 817 Å². The number of ether oxygens (including phenoxy) is 1. The molecule has 0 saturated heterocycles. The highest BCUT2D eigenvalue weighted by Gasteiger charge is 2.42. The Hall–Kier alpha value is -14.7. The topological polar surface area (TPSA) is 481 Å². The lowest BCUT2D eigenvalue weighted by atomic mass is 9.96. The van der Waals surface area contributed by atoms with Crippen molar-refractivity contribution in [2.45, 2.75) is 156 Å². The highest BCUT2D eigenvalue weighted by Crippen LogP contribution is 2.39. The van der Waals surface area contributed by atoms with E-state index in [1.807, 2.05) is 27.7 Å². The van der Waals surface area contributed by atoms with E-state index in [9.17, 15) is 89.9 Å². The van der Waals surface area contributed by atoms with Crippen LogP contribution in [0, 0.1) is 41.0 Å². The van der Waals surface area contributed by atoms with Crippen molar-refractivity contribution >= 4 is 104 Å². The van der Waals surface area contributed by atoms with Crippen LogP contribution in [0.1, 0.15) is 143 Å². The molecule has 0 spiro atoms. The van der Waals surface area contributed by atoms with Crippen LogP contribution in [0.4, 0.5) is 59.5 Å². The van der Waals surface area contributed by atoms with Crippen molar-refractivity contribution in [1.29, 1.82) is 0 Å². The number of halogens is 4. The van der Waals surface area contributed by atoms with Gasteiger partial charge in [-0.1, -0.05) is 40.0 Å². The molecule has 16 rings (SSSR count). The lowest BCUT2D eigenvalue weighted by Gasteiger charge is -2.33. The van der Waals surface area contributed by atoms with Gasteiger partial charge in [0.1, 0.15) is 23.3 Å². The van der Waals surface area contributed by atoms with Crippen LogP contribution in [0.25, 0.3) is 22.7 Å². The number of carboxylic acid groups (broad SMARTS) is 1. The Morgan fingerprint density at radius 3 is 1.08 bits per heavy atom. The zero-order valence-electron chi connectivity index (χ0n) is 79.1. The number of hydrogen-bond acceptors (Lipinski definition) is 24. The maximum Gasteiger partial charge on any atom is 0.322 e. The summed E-state index contributed by atoms with van der Waals surface area (Å²) < 4.78 is 161. The molecule has 0 fully saturated rings. The van der Waals surface area contributed by atoms with E-state index in [-0.39, 0.29) is 95.3 Å². The van der Waals surface area contributed by atoms with Crippen molar-refractivity contribution in [2.75, 3.05) is 77.9 Å². The van der Waals surface area contributed by atoms with Gasteiger partial charge < -0.3 is 36.4 Å². The number of carbonyl (C=O) groups is 7. The minimum absolute atomic E-state index is 0.0338. The van der Waals surface area contributed by atoms with E-state index < -0.39 is 117 Å². The van der Waals surface area contributed by atoms with Crippen molar-refractivity contribution in [3.8, 4) is 22.7 Å². The second-order valence-corrected chi connectivity index (χ2v) is 42.2. The van der Waals surface area contributed by atoms with E-state index in [0.717, 1.165) is 62.1 Å². The number of nitrogens with zero attached hydrogens (tertiary/aromatic N) is 16. The number of fused-ring (bicyclic) bond motifs is 4. The second kappa shape index (κ2) is 45.3. The van der Waals surface area contributed by atoms with Crippen LogP contribution in [0.2, 0.25) is 0 Å². The molecule has 0 aliphatic carbocycles. The molecule has 46 heteroatoms. The number of urea groups is 4. The van der Waals surface area contributed by atoms with Crippen molar-refractivity contribution in [3.05, 3.63) is 263 Å². The van der Waals surface area contributed by atoms with Crippen molar-refractivity contribution in [1.82, 2.24) is 85.6 Å². The van der Waals surface area contributed by atoms with E-state index in [4.69, 9.17) is 4.74 Å². The first-order valence-corrected chi connectivity index (χ1v) is 53.0. The fraction of sp³-hybridized carbons (Fsp3) is 0.344. The van der Waals surface area contributed by atoms with Gasteiger partial charge in [0.15, 0.2) is 59.5 Å². The molecular formula is C96H107F4N21O17S4. The number of esters is 1. The van der Waals surface area contributed by atoms with Gasteiger partial charge in [-0.15, -0.1) is 0 Å². The first-order chi connectivity index (χ1) is 67.5. The lowest BCUT2D eigenvalue weighted by molar-refractivity contribution is -0.147. The zero-order valence-corrected chi connectivity index (χ0v) is 82.4. The van der Waals surface area contributed by atoms with Crippen molar-refractivity contribution in [2.24, 2.45) is 17.8 Å². The molecule has 9 amide bonds. The molecule has 4 aliphatic rings. The van der Waals surface area contributed by atoms with Gasteiger partial charge >= 0.3 is 36.1 Å². The van der Waals surface area contributed by atoms with Crippen LogP contribution in [0.15, 0.2) is 215 Å². The maximum atomic E-state index is 13.7. The Morgan fingerprint density at radius 2 is 0.739 bits per heavy atom. The Kier molecular flexibility index (Phi) is 33.4. The zero-order chi connectivity index (χ0) is 102. The van der Waals surface area contributed by atoms with E-state index >= 15 is 0 Å². The van der Waals surface area contributed by atoms with Gasteiger partial charge in [-0.25, -0.2) is 109 Å². The largest absolute Gasteiger partial charge is 0.481 e. The number of aliphatic carboxylic acids is 1. The summed E-state index contributed by atoms with van der Waals surface area (Å²) in [4.78, 5) is 113. The molecule has 142 heavy (non-hydrogen) atoms. The molecule has 4 aromatic carbocycles. The number of sulfone groups is 4. The van der Waals surface area contributed by atoms with Gasteiger partial charge in [-0.3, -0.25) is 34.0 Å². The van der Waals surface area contributed by atoms with Crippen LogP contribution >= 0.6 is 0 Å². The van der Waals surface area contributed by atoms with Crippen molar-refractivity contribution in [3.63, 3.8) is 0 Å². The Bertz CT molecular complexity index is 7120. The molecule has 8 aromatic heterocycles. The highest BCUT2D eigenvalue weighted by atomic mass is 32.2. The second-order valence-electron chi connectivity index (χ2n) is 34.4.